The molecule has 5 aromatic rings. The number of aryl methyl sites for hydroxylation is 2. The lowest BCUT2D eigenvalue weighted by atomic mass is 9.99. The first-order chi connectivity index (χ1) is 17.9. The van der Waals surface area contributed by atoms with Crippen LogP contribution in [-0.2, 0) is 11.3 Å². The minimum absolute atomic E-state index is 0.294. The number of imidazole rings is 1. The summed E-state index contributed by atoms with van der Waals surface area (Å²) in [6.07, 6.45) is 3.71. The highest BCUT2D eigenvalue weighted by Crippen LogP contribution is 2.40. The van der Waals surface area contributed by atoms with E-state index in [0.717, 1.165) is 87.7 Å². The minimum Gasteiger partial charge on any atom is -0.496 e. The van der Waals surface area contributed by atoms with Gasteiger partial charge in [0.15, 0.2) is 0 Å². The van der Waals surface area contributed by atoms with E-state index in [9.17, 15) is 0 Å². The predicted molar refractivity (Wildman–Crippen MR) is 145 cm³/mol. The third-order valence-corrected chi connectivity index (χ3v) is 7.88. The zero-order valence-corrected chi connectivity index (χ0v) is 22.4. The van der Waals surface area contributed by atoms with Crippen molar-refractivity contribution < 1.29 is 14.0 Å². The van der Waals surface area contributed by atoms with E-state index in [1.807, 2.05) is 50.4 Å². The first kappa shape index (κ1) is 24.2. The molecule has 2 aromatic carbocycles. The highest BCUT2D eigenvalue weighted by molar-refractivity contribution is 6.42. The lowest BCUT2D eigenvalue weighted by molar-refractivity contribution is 0.0830. The highest BCUT2D eigenvalue weighted by Gasteiger charge is 2.25. The van der Waals surface area contributed by atoms with Gasteiger partial charge in [-0.05, 0) is 56.5 Å². The minimum atomic E-state index is 0.294. The number of nitrogens with zero attached hydrogens (tertiary/aromatic N) is 4. The molecule has 0 spiro atoms. The number of methoxy groups -OCH3 is 1. The van der Waals surface area contributed by atoms with Gasteiger partial charge in [-0.3, -0.25) is 4.98 Å². The molecule has 1 aliphatic heterocycles. The highest BCUT2D eigenvalue weighted by atomic mass is 35.5. The second kappa shape index (κ2) is 9.63. The van der Waals surface area contributed by atoms with Crippen LogP contribution in [-0.4, -0.2) is 40.0 Å². The van der Waals surface area contributed by atoms with Crippen molar-refractivity contribution in [1.82, 2.24) is 19.7 Å². The number of pyridine rings is 1. The molecule has 190 valence electrons. The molecule has 1 aliphatic rings. The van der Waals surface area contributed by atoms with Crippen LogP contribution in [0.15, 0.2) is 41.1 Å². The van der Waals surface area contributed by atoms with Gasteiger partial charge in [0.1, 0.15) is 22.9 Å². The predicted octanol–water partition coefficient (Wildman–Crippen LogP) is 7.11. The van der Waals surface area contributed by atoms with E-state index in [0.29, 0.717) is 22.5 Å². The number of aromatic nitrogens is 4. The summed E-state index contributed by atoms with van der Waals surface area (Å²) >= 11 is 12.6. The van der Waals surface area contributed by atoms with Crippen LogP contribution in [0.1, 0.15) is 41.6 Å². The van der Waals surface area contributed by atoms with E-state index in [1.54, 1.807) is 7.11 Å². The maximum atomic E-state index is 6.37. The Morgan fingerprint density at radius 3 is 2.57 bits per heavy atom. The standard InChI is InChI=1S/C28H26Cl2N4O3/c1-15-26(16(2)37-33-15)20-11-23-19(12-25(20)35-3)27-24(13-31-23)32-28(18-6-8-36-9-7-18)34(27)14-17-4-5-21(29)22(30)10-17/h4-5,10-13,18H,6-9,14H2,1-3H3. The van der Waals surface area contributed by atoms with Crippen LogP contribution in [0.3, 0.4) is 0 Å². The van der Waals surface area contributed by atoms with Gasteiger partial charge in [-0.2, -0.15) is 0 Å². The Bertz CT molecular complexity index is 1620. The van der Waals surface area contributed by atoms with E-state index >= 15 is 0 Å². The lowest BCUT2D eigenvalue weighted by Gasteiger charge is -2.23. The molecule has 37 heavy (non-hydrogen) atoms. The molecule has 0 bridgehead atoms. The van der Waals surface area contributed by atoms with Gasteiger partial charge in [0.2, 0.25) is 0 Å². The van der Waals surface area contributed by atoms with Gasteiger partial charge in [-0.15, -0.1) is 0 Å². The summed E-state index contributed by atoms with van der Waals surface area (Å²) in [5, 5.41) is 6.17. The third-order valence-electron chi connectivity index (χ3n) is 7.14. The van der Waals surface area contributed by atoms with Crippen LogP contribution in [0.4, 0.5) is 0 Å². The Morgan fingerprint density at radius 2 is 1.86 bits per heavy atom. The van der Waals surface area contributed by atoms with Crippen molar-refractivity contribution in [2.75, 3.05) is 20.3 Å². The number of hydrogen-bond acceptors (Lipinski definition) is 6. The van der Waals surface area contributed by atoms with E-state index in [-0.39, 0.29) is 0 Å². The van der Waals surface area contributed by atoms with Crippen molar-refractivity contribution in [2.24, 2.45) is 0 Å². The molecule has 1 fully saturated rings. The van der Waals surface area contributed by atoms with Gasteiger partial charge >= 0.3 is 0 Å². The van der Waals surface area contributed by atoms with E-state index in [2.05, 4.69) is 9.72 Å². The summed E-state index contributed by atoms with van der Waals surface area (Å²) < 4.78 is 19.2. The molecule has 0 radical (unpaired) electrons. The monoisotopic (exact) mass is 536 g/mol. The fraction of sp³-hybridized carbons (Fsp3) is 0.321. The van der Waals surface area contributed by atoms with Crippen molar-refractivity contribution in [2.45, 2.75) is 39.2 Å². The number of fused-ring (bicyclic) bond motifs is 3. The fourth-order valence-corrected chi connectivity index (χ4v) is 5.66. The maximum absolute atomic E-state index is 6.37. The van der Waals surface area contributed by atoms with Gasteiger partial charge in [0.05, 0.1) is 45.6 Å². The molecule has 0 N–H and O–H groups in total. The van der Waals surface area contributed by atoms with Gasteiger partial charge in [0, 0.05) is 36.6 Å². The van der Waals surface area contributed by atoms with E-state index in [1.165, 1.54) is 0 Å². The zero-order chi connectivity index (χ0) is 25.7. The van der Waals surface area contributed by atoms with Crippen LogP contribution in [0.2, 0.25) is 10.0 Å². The SMILES string of the molecule is COc1cc2c(cc1-c1c(C)noc1C)ncc1nc(C3CCOCC3)n(Cc3ccc(Cl)c(Cl)c3)c12. The molecule has 7 nitrogen and oxygen atoms in total. The summed E-state index contributed by atoms with van der Waals surface area (Å²) in [6.45, 7) is 5.90. The molecular weight excluding hydrogens is 511 g/mol. The average Bonchev–Trinajstić information content (AvgIpc) is 3.45. The molecular formula is C28H26Cl2N4O3. The van der Waals surface area contributed by atoms with Crippen molar-refractivity contribution in [1.29, 1.82) is 0 Å². The van der Waals surface area contributed by atoms with Crippen molar-refractivity contribution in [3.05, 3.63) is 69.4 Å². The van der Waals surface area contributed by atoms with Crippen LogP contribution < -0.4 is 4.74 Å². The average molecular weight is 537 g/mol. The quantitative estimate of drug-likeness (QED) is 0.238. The van der Waals surface area contributed by atoms with Crippen molar-refractivity contribution in [3.8, 4) is 16.9 Å². The number of halogens is 2. The molecule has 9 heteroatoms. The number of benzene rings is 2. The van der Waals surface area contributed by atoms with Gasteiger partial charge in [-0.1, -0.05) is 34.4 Å². The van der Waals surface area contributed by atoms with Gasteiger partial charge in [0.25, 0.3) is 0 Å². The normalized spacial score (nSPS) is 14.6. The summed E-state index contributed by atoms with van der Waals surface area (Å²) in [4.78, 5) is 9.90. The van der Waals surface area contributed by atoms with Gasteiger partial charge < -0.3 is 18.6 Å². The van der Waals surface area contributed by atoms with Crippen molar-refractivity contribution >= 4 is 45.1 Å². The Hall–Kier alpha value is -3.13. The summed E-state index contributed by atoms with van der Waals surface area (Å²) in [6, 6.07) is 9.86. The third kappa shape index (κ3) is 4.25. The van der Waals surface area contributed by atoms with E-state index < -0.39 is 0 Å². The topological polar surface area (TPSA) is 75.2 Å². The van der Waals surface area contributed by atoms with Crippen LogP contribution in [0.5, 0.6) is 5.75 Å². The summed E-state index contributed by atoms with van der Waals surface area (Å²) in [5.74, 6) is 2.80. The smallest absolute Gasteiger partial charge is 0.141 e. The first-order valence-electron chi connectivity index (χ1n) is 12.3. The molecule has 0 atom stereocenters. The molecule has 1 saturated heterocycles. The molecule has 0 amide bonds. The molecule has 3 aromatic heterocycles. The second-order valence-electron chi connectivity index (χ2n) is 9.45. The second-order valence-corrected chi connectivity index (χ2v) is 10.3. The summed E-state index contributed by atoms with van der Waals surface area (Å²) in [5.41, 5.74) is 6.39. The van der Waals surface area contributed by atoms with Crippen LogP contribution in [0.25, 0.3) is 33.1 Å². The molecule has 0 saturated carbocycles. The van der Waals surface area contributed by atoms with Crippen molar-refractivity contribution in [3.63, 3.8) is 0 Å². The first-order valence-corrected chi connectivity index (χ1v) is 13.0. The fourth-order valence-electron chi connectivity index (χ4n) is 5.34. The number of ether oxygens (including phenoxy) is 2. The molecule has 0 unspecified atom stereocenters. The van der Waals surface area contributed by atoms with E-state index in [4.69, 9.17) is 47.2 Å². The number of hydrogen-bond donors (Lipinski definition) is 0. The number of rotatable bonds is 5. The van der Waals surface area contributed by atoms with Crippen LogP contribution in [0, 0.1) is 13.8 Å². The maximum Gasteiger partial charge on any atom is 0.141 e. The molecule has 4 heterocycles. The Kier molecular flexibility index (Phi) is 6.31. The Morgan fingerprint density at radius 1 is 1.05 bits per heavy atom. The lowest BCUT2D eigenvalue weighted by Crippen LogP contribution is -2.18. The summed E-state index contributed by atoms with van der Waals surface area (Å²) in [7, 11) is 1.68. The zero-order valence-electron chi connectivity index (χ0n) is 20.8. The molecule has 0 aliphatic carbocycles. The van der Waals surface area contributed by atoms with Gasteiger partial charge in [-0.25, -0.2) is 4.98 Å². The largest absolute Gasteiger partial charge is 0.496 e. The Balaban J connectivity index is 1.60. The van der Waals surface area contributed by atoms with Crippen LogP contribution >= 0.6 is 23.2 Å². The Labute approximate surface area is 224 Å². The molecule has 6 rings (SSSR count).